The molecule has 10 aliphatic rings. The Kier molecular flexibility index (Phi) is 10.4. The van der Waals surface area contributed by atoms with Gasteiger partial charge in [-0.25, -0.2) is 0 Å². The first-order chi connectivity index (χ1) is 30.0. The van der Waals surface area contributed by atoms with Gasteiger partial charge in [0.25, 0.3) is 0 Å². The molecule has 9 saturated carbocycles. The van der Waals surface area contributed by atoms with Gasteiger partial charge in [0.2, 0.25) is 0 Å². The number of allylic oxidation sites excluding steroid dienone is 2. The molecule has 0 spiro atoms. The van der Waals surface area contributed by atoms with Crippen LogP contribution in [-0.4, -0.2) is 39.6 Å². The first-order valence-corrected chi connectivity index (χ1v) is 26.5. The van der Waals surface area contributed by atoms with Gasteiger partial charge in [0.15, 0.2) is 5.41 Å². The highest BCUT2D eigenvalue weighted by Gasteiger charge is 2.64. The van der Waals surface area contributed by atoms with E-state index in [0.717, 1.165) is 117 Å². The van der Waals surface area contributed by atoms with Crippen LogP contribution in [0.1, 0.15) is 129 Å². The van der Waals surface area contributed by atoms with Crippen LogP contribution in [0.25, 0.3) is 0 Å². The van der Waals surface area contributed by atoms with Crippen molar-refractivity contribution in [1.29, 1.82) is 0 Å². The minimum atomic E-state index is -3.08. The van der Waals surface area contributed by atoms with Crippen LogP contribution in [0.15, 0.2) is 96.3 Å². The molecule has 0 saturated heterocycles. The molecule has 328 valence electrons. The fraction of sp³-hybridized carbons (Fsp3) is 0.600. The lowest BCUT2D eigenvalue weighted by Crippen LogP contribution is -2.66. The monoisotopic (exact) mass is 852 g/mol. The second kappa shape index (κ2) is 15.7. The van der Waals surface area contributed by atoms with Gasteiger partial charge in [-0.1, -0.05) is 93.6 Å². The molecule has 6 nitrogen and oxygen atoms in total. The summed E-state index contributed by atoms with van der Waals surface area (Å²) in [6.07, 6.45) is 15.0. The third-order valence-electron chi connectivity index (χ3n) is 18.1. The maximum absolute atomic E-state index is 16.1. The van der Waals surface area contributed by atoms with E-state index < -0.39 is 13.7 Å². The highest BCUT2D eigenvalue weighted by atomic mass is 28.4. The highest BCUT2D eigenvalue weighted by molar-refractivity contribution is 6.99. The maximum atomic E-state index is 16.1. The Labute approximate surface area is 371 Å². The minimum absolute atomic E-state index is 0.120. The van der Waals surface area contributed by atoms with E-state index >= 15 is 9.59 Å². The van der Waals surface area contributed by atoms with Gasteiger partial charge in [-0.2, -0.15) is 0 Å². The molecule has 0 unspecified atom stereocenters. The fourth-order valence-electron chi connectivity index (χ4n) is 15.9. The predicted octanol–water partition coefficient (Wildman–Crippen LogP) is 10.9. The lowest BCUT2D eigenvalue weighted by Gasteiger charge is -2.55. The lowest BCUT2D eigenvalue weighted by molar-refractivity contribution is -0.203. The smallest absolute Gasteiger partial charge is 0.324 e. The number of hydrogen-bond donors (Lipinski definition) is 0. The summed E-state index contributed by atoms with van der Waals surface area (Å²) in [5.74, 6) is 5.20. The summed E-state index contributed by atoms with van der Waals surface area (Å²) in [4.78, 5) is 32.1. The molecule has 7 heteroatoms. The molecule has 0 heterocycles. The van der Waals surface area contributed by atoms with Crippen molar-refractivity contribution >= 4 is 30.6 Å². The minimum Gasteiger partial charge on any atom is -0.537 e. The third kappa shape index (κ3) is 6.74. The Bertz CT molecular complexity index is 2020. The van der Waals surface area contributed by atoms with Gasteiger partial charge >= 0.3 is 20.3 Å². The van der Waals surface area contributed by atoms with Gasteiger partial charge in [0.05, 0.1) is 12.9 Å². The van der Waals surface area contributed by atoms with Crippen LogP contribution in [0, 0.1) is 58.7 Å². The SMILES string of the molecule is COc1ccc([C@H]2CC(O[Si](c3ccccc3)(c3ccccc3)C(C)(C)C)=C3CCC[C@H]3C(C(=O)OC3C4CC5CC(C4)CC3C5)(C(=O)OC3C4CC5CC(C4)CC3C5)C2)cc1. The van der Waals surface area contributed by atoms with Crippen LogP contribution in [-0.2, 0) is 23.5 Å². The van der Waals surface area contributed by atoms with E-state index in [1.165, 1.54) is 23.2 Å². The topological polar surface area (TPSA) is 71.1 Å². The number of ether oxygens (including phenoxy) is 3. The van der Waals surface area contributed by atoms with Crippen molar-refractivity contribution < 1.29 is 28.2 Å². The largest absolute Gasteiger partial charge is 0.537 e. The van der Waals surface area contributed by atoms with Crippen LogP contribution in [0.5, 0.6) is 5.75 Å². The summed E-state index contributed by atoms with van der Waals surface area (Å²) in [6, 6.07) is 30.1. The van der Waals surface area contributed by atoms with Gasteiger partial charge in [0.1, 0.15) is 18.0 Å². The molecule has 10 aliphatic carbocycles. The molecule has 9 fully saturated rings. The number of hydrogen-bond acceptors (Lipinski definition) is 6. The quantitative estimate of drug-likeness (QED) is 0.115. The van der Waals surface area contributed by atoms with E-state index in [0.29, 0.717) is 36.5 Å². The summed E-state index contributed by atoms with van der Waals surface area (Å²) in [6.45, 7) is 7.01. The molecular formula is C55H68O6Si. The predicted molar refractivity (Wildman–Crippen MR) is 244 cm³/mol. The van der Waals surface area contributed by atoms with Crippen LogP contribution in [0.4, 0.5) is 0 Å². The molecule has 13 rings (SSSR count). The fourth-order valence-corrected chi connectivity index (χ4v) is 20.4. The number of fused-ring (bicyclic) bond motifs is 1. The summed E-state index contributed by atoms with van der Waals surface area (Å²) < 4.78 is 28.0. The van der Waals surface area contributed by atoms with E-state index in [-0.39, 0.29) is 41.0 Å². The Morgan fingerprint density at radius 1 is 0.629 bits per heavy atom. The van der Waals surface area contributed by atoms with Gasteiger partial charge in [-0.3, -0.25) is 9.59 Å². The van der Waals surface area contributed by atoms with Crippen molar-refractivity contribution in [2.75, 3.05) is 7.11 Å². The molecule has 8 bridgehead atoms. The zero-order valence-electron chi connectivity index (χ0n) is 37.6. The van der Waals surface area contributed by atoms with Crippen molar-refractivity contribution in [3.05, 3.63) is 102 Å². The Hall–Kier alpha value is -3.84. The normalized spacial score (nSPS) is 36.8. The van der Waals surface area contributed by atoms with E-state index in [9.17, 15) is 0 Å². The summed E-state index contributed by atoms with van der Waals surface area (Å²) in [5.41, 5.74) is 0.762. The van der Waals surface area contributed by atoms with Crippen molar-refractivity contribution in [2.45, 2.75) is 140 Å². The molecule has 0 radical (unpaired) electrons. The van der Waals surface area contributed by atoms with Gasteiger partial charge < -0.3 is 18.6 Å². The van der Waals surface area contributed by atoms with Crippen molar-refractivity contribution in [3.8, 4) is 5.75 Å². The maximum Gasteiger partial charge on any atom is 0.324 e. The molecule has 0 aromatic heterocycles. The standard InChI is InChI=1S/C55H68O6Si/c1-54(2,3)62(45-12-7-5-8-13-45,46-14-9-6-10-15-46)61-49-32-43(38-18-20-44(58-4)21-19-38)33-55(48-17-11-16-47(48)49,52(56)59-50-39-24-34-22-35(26-39)27-40(50)25-34)53(57)60-51-41-28-36-23-37(30-41)31-42(51)29-36/h5-10,12-15,18-21,34-37,39-43,48,50-51H,11,16-17,22-33H2,1-4H3/t34?,35?,36?,37?,39?,40?,41?,42?,43-,48+,50?,51?,55?/m0/s1. The molecule has 0 N–H and O–H groups in total. The molecule has 2 atom stereocenters. The Morgan fingerprint density at radius 2 is 1.10 bits per heavy atom. The van der Waals surface area contributed by atoms with Crippen LogP contribution >= 0.6 is 0 Å². The molecular weight excluding hydrogens is 785 g/mol. The zero-order chi connectivity index (χ0) is 42.4. The average molecular weight is 853 g/mol. The van der Waals surface area contributed by atoms with Crippen molar-refractivity contribution in [1.82, 2.24) is 0 Å². The summed E-state index contributed by atoms with van der Waals surface area (Å²) >= 11 is 0. The number of esters is 2. The number of carbonyl (C=O) groups is 2. The molecule has 3 aromatic rings. The van der Waals surface area contributed by atoms with Gasteiger partial charge in [0, 0.05) is 12.3 Å². The van der Waals surface area contributed by atoms with E-state index in [2.05, 4.69) is 93.6 Å². The first-order valence-electron chi connectivity index (χ1n) is 24.6. The second-order valence-electron chi connectivity index (χ2n) is 22.6. The lowest BCUT2D eigenvalue weighted by atomic mass is 9.55. The number of rotatable bonds is 10. The van der Waals surface area contributed by atoms with Crippen LogP contribution < -0.4 is 15.1 Å². The Morgan fingerprint density at radius 3 is 1.53 bits per heavy atom. The molecule has 62 heavy (non-hydrogen) atoms. The van der Waals surface area contributed by atoms with E-state index in [1.807, 2.05) is 12.1 Å². The molecule has 0 amide bonds. The van der Waals surface area contributed by atoms with Gasteiger partial charge in [-0.15, -0.1) is 0 Å². The van der Waals surface area contributed by atoms with Gasteiger partial charge in [-0.05, 0) is 182 Å². The molecule has 0 aliphatic heterocycles. The number of carbonyl (C=O) groups excluding carboxylic acids is 2. The number of methoxy groups -OCH3 is 1. The Balaban J connectivity index is 1.07. The summed E-state index contributed by atoms with van der Waals surface area (Å²) in [7, 11) is -1.38. The van der Waals surface area contributed by atoms with Crippen molar-refractivity contribution in [2.24, 2.45) is 58.7 Å². The molecule has 3 aromatic carbocycles. The summed E-state index contributed by atoms with van der Waals surface area (Å²) in [5, 5.41) is 2.19. The van der Waals surface area contributed by atoms with Crippen molar-refractivity contribution in [3.63, 3.8) is 0 Å². The van der Waals surface area contributed by atoms with E-state index in [4.69, 9.17) is 18.6 Å². The first kappa shape index (κ1) is 40.9. The number of benzene rings is 3. The highest BCUT2D eigenvalue weighted by Crippen LogP contribution is 2.61. The zero-order valence-corrected chi connectivity index (χ0v) is 38.6. The third-order valence-corrected chi connectivity index (χ3v) is 23.0. The van der Waals surface area contributed by atoms with Crippen LogP contribution in [0.3, 0.4) is 0 Å². The van der Waals surface area contributed by atoms with Crippen LogP contribution in [0.2, 0.25) is 5.04 Å². The average Bonchev–Trinajstić information content (AvgIpc) is 3.71. The second-order valence-corrected chi connectivity index (χ2v) is 26.8. The van der Waals surface area contributed by atoms with E-state index in [1.54, 1.807) is 7.11 Å².